The highest BCUT2D eigenvalue weighted by Crippen LogP contribution is 2.29. The van der Waals surface area contributed by atoms with Gasteiger partial charge in [-0.25, -0.2) is 4.79 Å². The lowest BCUT2D eigenvalue weighted by molar-refractivity contribution is -0.146. The van der Waals surface area contributed by atoms with Crippen LogP contribution in [0.15, 0.2) is 24.3 Å². The molecule has 0 spiro atoms. The molecule has 2 rings (SSSR count). The van der Waals surface area contributed by atoms with E-state index in [2.05, 4.69) is 5.32 Å². The fraction of sp³-hybridized carbons (Fsp3) is 0.467. The fourth-order valence-corrected chi connectivity index (χ4v) is 2.42. The van der Waals surface area contributed by atoms with Gasteiger partial charge in [-0.3, -0.25) is 4.79 Å². The minimum absolute atomic E-state index is 0.198. The molecule has 5 heteroatoms. The van der Waals surface area contributed by atoms with Gasteiger partial charge in [-0.15, -0.1) is 0 Å². The van der Waals surface area contributed by atoms with Gasteiger partial charge in [0.1, 0.15) is 0 Å². The smallest absolute Gasteiger partial charge is 0.317 e. The lowest BCUT2D eigenvalue weighted by Crippen LogP contribution is -2.40. The van der Waals surface area contributed by atoms with E-state index < -0.39 is 11.4 Å². The predicted octanol–water partition coefficient (Wildman–Crippen LogP) is 2.00. The van der Waals surface area contributed by atoms with Crippen LogP contribution in [0.5, 0.6) is 0 Å². The number of likely N-dealkylation sites (tertiary alicyclic amines) is 1. The van der Waals surface area contributed by atoms with Crippen molar-refractivity contribution in [3.63, 3.8) is 0 Å². The largest absolute Gasteiger partial charge is 0.481 e. The highest BCUT2D eigenvalue weighted by atomic mass is 16.4. The molecular weight excluding hydrogens is 256 g/mol. The maximum atomic E-state index is 12.0. The molecule has 20 heavy (non-hydrogen) atoms. The molecule has 1 fully saturated rings. The summed E-state index contributed by atoms with van der Waals surface area (Å²) < 4.78 is 0. The average molecular weight is 276 g/mol. The quantitative estimate of drug-likeness (QED) is 0.887. The second-order valence-electron chi connectivity index (χ2n) is 5.69. The van der Waals surface area contributed by atoms with Crippen molar-refractivity contribution in [2.45, 2.75) is 26.8 Å². The summed E-state index contributed by atoms with van der Waals surface area (Å²) in [6, 6.07) is 7.74. The number of urea groups is 1. The maximum Gasteiger partial charge on any atom is 0.317 e. The summed E-state index contributed by atoms with van der Waals surface area (Å²) in [4.78, 5) is 24.8. The molecular formula is C15H20N2O3. The number of amides is 2. The van der Waals surface area contributed by atoms with Crippen LogP contribution < -0.4 is 5.32 Å². The number of benzene rings is 1. The Morgan fingerprint density at radius 1 is 1.45 bits per heavy atom. The summed E-state index contributed by atoms with van der Waals surface area (Å²) in [6.07, 6.45) is 0.500. The van der Waals surface area contributed by atoms with Gasteiger partial charge in [0.2, 0.25) is 0 Å². The molecule has 2 N–H and O–H groups in total. The molecule has 0 saturated carbocycles. The zero-order valence-corrected chi connectivity index (χ0v) is 11.8. The molecule has 108 valence electrons. The molecule has 1 saturated heterocycles. The van der Waals surface area contributed by atoms with E-state index in [9.17, 15) is 9.59 Å². The van der Waals surface area contributed by atoms with Crippen LogP contribution in [0.2, 0.25) is 0 Å². The number of carboxylic acid groups (broad SMARTS) is 1. The Hall–Kier alpha value is -2.04. The van der Waals surface area contributed by atoms with Crippen molar-refractivity contribution in [3.8, 4) is 0 Å². The topological polar surface area (TPSA) is 69.6 Å². The van der Waals surface area contributed by atoms with Gasteiger partial charge in [0.25, 0.3) is 0 Å². The molecule has 5 nitrogen and oxygen atoms in total. The first-order valence-corrected chi connectivity index (χ1v) is 6.72. The lowest BCUT2D eigenvalue weighted by atomic mass is 9.90. The van der Waals surface area contributed by atoms with Crippen LogP contribution in [0, 0.1) is 12.3 Å². The Morgan fingerprint density at radius 2 is 2.20 bits per heavy atom. The van der Waals surface area contributed by atoms with Crippen LogP contribution in [0.25, 0.3) is 0 Å². The maximum absolute atomic E-state index is 12.0. The highest BCUT2D eigenvalue weighted by Gasteiger charge is 2.42. The summed E-state index contributed by atoms with van der Waals surface area (Å²) in [5, 5.41) is 12.0. The molecule has 1 unspecified atom stereocenters. The van der Waals surface area contributed by atoms with Crippen molar-refractivity contribution in [1.82, 2.24) is 10.2 Å². The van der Waals surface area contributed by atoms with Gasteiger partial charge < -0.3 is 15.3 Å². The zero-order valence-electron chi connectivity index (χ0n) is 11.8. The number of hydrogen-bond acceptors (Lipinski definition) is 2. The second kappa shape index (κ2) is 5.53. The van der Waals surface area contributed by atoms with Crippen molar-refractivity contribution >= 4 is 12.0 Å². The van der Waals surface area contributed by atoms with E-state index in [0.29, 0.717) is 19.5 Å². The van der Waals surface area contributed by atoms with Gasteiger partial charge in [-0.2, -0.15) is 0 Å². The van der Waals surface area contributed by atoms with E-state index in [1.165, 1.54) is 0 Å². The van der Waals surface area contributed by atoms with E-state index in [1.807, 2.05) is 31.2 Å². The SMILES string of the molecule is Cc1cccc(CNC(=O)N2CCC(C)(C(=O)O)C2)c1. The Bertz CT molecular complexity index is 530. The van der Waals surface area contributed by atoms with Crippen LogP contribution in [-0.4, -0.2) is 35.1 Å². The first kappa shape index (κ1) is 14.4. The van der Waals surface area contributed by atoms with Crippen molar-refractivity contribution in [2.75, 3.05) is 13.1 Å². The minimum Gasteiger partial charge on any atom is -0.481 e. The number of aryl methyl sites for hydroxylation is 1. The van der Waals surface area contributed by atoms with Crippen molar-refractivity contribution in [1.29, 1.82) is 0 Å². The predicted molar refractivity (Wildman–Crippen MR) is 75.3 cm³/mol. The van der Waals surface area contributed by atoms with Crippen molar-refractivity contribution in [3.05, 3.63) is 35.4 Å². The molecule has 0 aromatic heterocycles. The fourth-order valence-electron chi connectivity index (χ4n) is 2.42. The monoisotopic (exact) mass is 276 g/mol. The highest BCUT2D eigenvalue weighted by molar-refractivity contribution is 5.79. The van der Waals surface area contributed by atoms with Gasteiger partial charge in [0.05, 0.1) is 5.41 Å². The molecule has 0 bridgehead atoms. The third-order valence-electron chi connectivity index (χ3n) is 3.80. The Morgan fingerprint density at radius 3 is 2.80 bits per heavy atom. The van der Waals surface area contributed by atoms with Gasteiger partial charge >= 0.3 is 12.0 Å². The summed E-state index contributed by atoms with van der Waals surface area (Å²) in [5.74, 6) is -0.841. The van der Waals surface area contributed by atoms with Gasteiger partial charge in [-0.05, 0) is 25.8 Å². The van der Waals surface area contributed by atoms with E-state index >= 15 is 0 Å². The van der Waals surface area contributed by atoms with E-state index in [0.717, 1.165) is 11.1 Å². The van der Waals surface area contributed by atoms with Gasteiger partial charge in [-0.1, -0.05) is 29.8 Å². The molecule has 2 amide bonds. The number of aliphatic carboxylic acids is 1. The summed E-state index contributed by atoms with van der Waals surface area (Å²) in [7, 11) is 0. The Labute approximate surface area is 118 Å². The van der Waals surface area contributed by atoms with Gasteiger partial charge in [0, 0.05) is 19.6 Å². The van der Waals surface area contributed by atoms with Crippen LogP contribution in [0.1, 0.15) is 24.5 Å². The lowest BCUT2D eigenvalue weighted by Gasteiger charge is -2.20. The normalized spacial score (nSPS) is 21.8. The molecule has 1 heterocycles. The van der Waals surface area contributed by atoms with Crippen LogP contribution in [0.3, 0.4) is 0 Å². The summed E-state index contributed by atoms with van der Waals surface area (Å²) >= 11 is 0. The number of nitrogens with zero attached hydrogens (tertiary/aromatic N) is 1. The summed E-state index contributed by atoms with van der Waals surface area (Å²) in [6.45, 7) is 4.90. The van der Waals surface area contributed by atoms with E-state index in [1.54, 1.807) is 11.8 Å². The first-order chi connectivity index (χ1) is 9.40. The Balaban J connectivity index is 1.89. The molecule has 1 aliphatic heterocycles. The first-order valence-electron chi connectivity index (χ1n) is 6.72. The number of rotatable bonds is 3. The number of carbonyl (C=O) groups excluding carboxylic acids is 1. The Kier molecular flexibility index (Phi) is 3.97. The summed E-state index contributed by atoms with van der Waals surface area (Å²) in [5.41, 5.74) is 1.37. The molecule has 1 aromatic carbocycles. The number of hydrogen-bond donors (Lipinski definition) is 2. The number of carbonyl (C=O) groups is 2. The molecule has 1 aliphatic rings. The van der Waals surface area contributed by atoms with Gasteiger partial charge in [0.15, 0.2) is 0 Å². The molecule has 0 aliphatic carbocycles. The minimum atomic E-state index is -0.841. The number of nitrogens with one attached hydrogen (secondary N) is 1. The van der Waals surface area contributed by atoms with Crippen LogP contribution in [0.4, 0.5) is 4.79 Å². The van der Waals surface area contributed by atoms with E-state index in [-0.39, 0.29) is 12.6 Å². The third kappa shape index (κ3) is 3.10. The van der Waals surface area contributed by atoms with Crippen molar-refractivity contribution < 1.29 is 14.7 Å². The van der Waals surface area contributed by atoms with Crippen LogP contribution >= 0.6 is 0 Å². The third-order valence-corrected chi connectivity index (χ3v) is 3.80. The zero-order chi connectivity index (χ0) is 14.8. The van der Waals surface area contributed by atoms with Crippen LogP contribution in [-0.2, 0) is 11.3 Å². The van der Waals surface area contributed by atoms with E-state index in [4.69, 9.17) is 5.11 Å². The molecule has 0 radical (unpaired) electrons. The molecule has 1 aromatic rings. The average Bonchev–Trinajstić information content (AvgIpc) is 2.80. The molecule has 1 atom stereocenters. The second-order valence-corrected chi connectivity index (χ2v) is 5.69. The number of carboxylic acids is 1. The standard InChI is InChI=1S/C15H20N2O3/c1-11-4-3-5-12(8-11)9-16-14(20)17-7-6-15(2,10-17)13(18)19/h3-5,8H,6-7,9-10H2,1-2H3,(H,16,20)(H,18,19). The van der Waals surface area contributed by atoms with Crippen molar-refractivity contribution in [2.24, 2.45) is 5.41 Å².